The minimum absolute atomic E-state index is 0.0393. The summed E-state index contributed by atoms with van der Waals surface area (Å²) in [5, 5.41) is 2.63. The first-order valence-corrected chi connectivity index (χ1v) is 10.3. The highest BCUT2D eigenvalue weighted by atomic mass is 16.5. The molecule has 0 atom stereocenters. The van der Waals surface area contributed by atoms with Gasteiger partial charge in [0.25, 0.3) is 0 Å². The van der Waals surface area contributed by atoms with Crippen molar-refractivity contribution in [1.29, 1.82) is 0 Å². The number of hydrogen-bond acceptors (Lipinski definition) is 7. The molecule has 0 aliphatic carbocycles. The highest BCUT2D eigenvalue weighted by Gasteiger charge is 2.29. The largest absolute Gasteiger partial charge is 0.462 e. The number of hydrogen-bond donors (Lipinski definition) is 1. The molecule has 0 radical (unpaired) electrons. The van der Waals surface area contributed by atoms with E-state index in [0.29, 0.717) is 13.1 Å². The first kappa shape index (κ1) is 24.1. The molecule has 1 aromatic carbocycles. The van der Waals surface area contributed by atoms with Gasteiger partial charge in [0.15, 0.2) is 5.78 Å². The third-order valence-electron chi connectivity index (χ3n) is 4.84. The van der Waals surface area contributed by atoms with Crippen molar-refractivity contribution < 1.29 is 23.5 Å². The number of Topliss-reactive ketones (excluding diaryl/α,β-unsaturated/α-hetero) is 1. The van der Waals surface area contributed by atoms with Crippen molar-refractivity contribution in [2.75, 3.05) is 44.0 Å². The smallest absolute Gasteiger partial charge is 0.344 e. The number of anilines is 2. The molecule has 0 aliphatic rings. The van der Waals surface area contributed by atoms with E-state index in [1.807, 2.05) is 55.1 Å². The number of likely N-dealkylation sites (N-methyl/N-ethyl adjacent to an activating group) is 1. The van der Waals surface area contributed by atoms with E-state index in [1.165, 1.54) is 6.92 Å². The van der Waals surface area contributed by atoms with E-state index in [0.717, 1.165) is 11.3 Å². The summed E-state index contributed by atoms with van der Waals surface area (Å²) in [4.78, 5) is 41.0. The van der Waals surface area contributed by atoms with E-state index in [1.54, 1.807) is 13.8 Å². The van der Waals surface area contributed by atoms with Gasteiger partial charge in [-0.25, -0.2) is 4.79 Å². The van der Waals surface area contributed by atoms with Crippen molar-refractivity contribution >= 4 is 29.2 Å². The van der Waals surface area contributed by atoms with E-state index in [9.17, 15) is 14.4 Å². The molecule has 8 nitrogen and oxygen atoms in total. The van der Waals surface area contributed by atoms with Gasteiger partial charge in [-0.3, -0.25) is 19.8 Å². The lowest BCUT2D eigenvalue weighted by molar-refractivity contribution is -0.117. The number of furan rings is 1. The van der Waals surface area contributed by atoms with Crippen molar-refractivity contribution in [1.82, 2.24) is 4.90 Å². The zero-order valence-corrected chi connectivity index (χ0v) is 19.1. The van der Waals surface area contributed by atoms with Gasteiger partial charge in [0.2, 0.25) is 11.8 Å². The van der Waals surface area contributed by atoms with E-state index >= 15 is 0 Å². The van der Waals surface area contributed by atoms with Crippen LogP contribution in [0.2, 0.25) is 0 Å². The summed E-state index contributed by atoms with van der Waals surface area (Å²) in [5.74, 6) is -1.17. The van der Waals surface area contributed by atoms with E-state index in [2.05, 4.69) is 5.32 Å². The first-order valence-electron chi connectivity index (χ1n) is 10.3. The molecule has 2 aromatic rings. The summed E-state index contributed by atoms with van der Waals surface area (Å²) in [5.41, 5.74) is 2.27. The quantitative estimate of drug-likeness (QED) is 0.456. The van der Waals surface area contributed by atoms with Crippen LogP contribution in [0.15, 0.2) is 28.7 Å². The van der Waals surface area contributed by atoms with Crippen LogP contribution in [-0.2, 0) is 16.1 Å². The molecule has 1 aromatic heterocycles. The van der Waals surface area contributed by atoms with Crippen LogP contribution in [0.5, 0.6) is 0 Å². The van der Waals surface area contributed by atoms with Gasteiger partial charge in [-0.1, -0.05) is 19.1 Å². The van der Waals surface area contributed by atoms with Gasteiger partial charge in [0.05, 0.1) is 18.7 Å². The Labute approximate surface area is 183 Å². The molecule has 0 saturated heterocycles. The van der Waals surface area contributed by atoms with Gasteiger partial charge in [0.1, 0.15) is 11.3 Å². The lowest BCUT2D eigenvalue weighted by Crippen LogP contribution is -2.33. The van der Waals surface area contributed by atoms with Crippen LogP contribution < -0.4 is 10.2 Å². The average molecular weight is 430 g/mol. The Kier molecular flexibility index (Phi) is 8.38. The van der Waals surface area contributed by atoms with Gasteiger partial charge >= 0.3 is 5.97 Å². The molecule has 2 rings (SSSR count). The number of nitrogens with one attached hydrogen (secondary N) is 1. The summed E-state index contributed by atoms with van der Waals surface area (Å²) in [6, 6.07) is 8.13. The monoisotopic (exact) mass is 429 g/mol. The number of amides is 1. The molecular weight excluding hydrogens is 398 g/mol. The molecule has 0 saturated carbocycles. The summed E-state index contributed by atoms with van der Waals surface area (Å²) < 4.78 is 10.6. The molecule has 0 bridgehead atoms. The summed E-state index contributed by atoms with van der Waals surface area (Å²) in [6.07, 6.45) is 0. The number of esters is 1. The van der Waals surface area contributed by atoms with Gasteiger partial charge in [-0.2, -0.15) is 0 Å². The molecule has 0 fully saturated rings. The standard InChI is InChI=1S/C23H31N3O5/c1-7-26(13-17-9-11-18(12-10-17)25(5)6)14-19(28)24-22-21(23(29)30-8-2)20(15(3)27)16(4)31-22/h9-12H,7-8,13-14H2,1-6H3,(H,24,28). The molecule has 8 heteroatoms. The maximum atomic E-state index is 12.7. The third-order valence-corrected chi connectivity index (χ3v) is 4.84. The SMILES string of the molecule is CCOC(=O)c1c(NC(=O)CN(CC)Cc2ccc(N(C)C)cc2)oc(C)c1C(C)=O. The fourth-order valence-corrected chi connectivity index (χ4v) is 3.26. The van der Waals surface area contributed by atoms with Gasteiger partial charge in [-0.15, -0.1) is 0 Å². The molecule has 1 amide bonds. The summed E-state index contributed by atoms with van der Waals surface area (Å²) in [6.45, 7) is 8.05. The molecule has 1 N–H and O–H groups in total. The maximum Gasteiger partial charge on any atom is 0.344 e. The Morgan fingerprint density at radius 2 is 1.71 bits per heavy atom. The minimum Gasteiger partial charge on any atom is -0.462 e. The van der Waals surface area contributed by atoms with Crippen molar-refractivity contribution in [3.63, 3.8) is 0 Å². The third kappa shape index (κ3) is 6.18. The van der Waals surface area contributed by atoms with Crippen LogP contribution in [0.4, 0.5) is 11.6 Å². The summed E-state index contributed by atoms with van der Waals surface area (Å²) in [7, 11) is 3.96. The molecule has 168 valence electrons. The van der Waals surface area contributed by atoms with Crippen molar-refractivity contribution in [2.45, 2.75) is 34.2 Å². The van der Waals surface area contributed by atoms with E-state index in [-0.39, 0.29) is 47.6 Å². The number of benzene rings is 1. The Bertz CT molecular complexity index is 931. The lowest BCUT2D eigenvalue weighted by atomic mass is 10.1. The van der Waals surface area contributed by atoms with Crippen LogP contribution in [-0.4, -0.2) is 56.4 Å². The van der Waals surface area contributed by atoms with Crippen molar-refractivity contribution in [3.8, 4) is 0 Å². The van der Waals surface area contributed by atoms with Crippen molar-refractivity contribution in [3.05, 3.63) is 46.7 Å². The molecule has 0 spiro atoms. The number of aryl methyl sites for hydroxylation is 1. The lowest BCUT2D eigenvalue weighted by Gasteiger charge is -2.20. The zero-order valence-electron chi connectivity index (χ0n) is 19.1. The molecule has 1 heterocycles. The predicted octanol–water partition coefficient (Wildman–Crippen LogP) is 3.49. The van der Waals surface area contributed by atoms with Crippen molar-refractivity contribution in [2.24, 2.45) is 0 Å². The van der Waals surface area contributed by atoms with Gasteiger partial charge in [0, 0.05) is 26.3 Å². The Morgan fingerprint density at radius 1 is 1.06 bits per heavy atom. The first-order chi connectivity index (χ1) is 14.7. The van der Waals surface area contributed by atoms with E-state index < -0.39 is 5.97 Å². The average Bonchev–Trinajstić information content (AvgIpc) is 3.03. The zero-order chi connectivity index (χ0) is 23.1. The number of ether oxygens (including phenoxy) is 1. The molecule has 0 aliphatic heterocycles. The van der Waals surface area contributed by atoms with Gasteiger partial charge < -0.3 is 14.1 Å². The fraction of sp³-hybridized carbons (Fsp3) is 0.435. The second kappa shape index (κ2) is 10.8. The normalized spacial score (nSPS) is 10.8. The number of nitrogens with zero attached hydrogens (tertiary/aromatic N) is 2. The molecular formula is C23H31N3O5. The fourth-order valence-electron chi connectivity index (χ4n) is 3.26. The number of rotatable bonds is 10. The highest BCUT2D eigenvalue weighted by molar-refractivity contribution is 6.10. The van der Waals surface area contributed by atoms with E-state index in [4.69, 9.17) is 9.15 Å². The Morgan fingerprint density at radius 3 is 2.23 bits per heavy atom. The number of carbonyl (C=O) groups excluding carboxylic acids is 3. The molecule has 0 unspecified atom stereocenters. The predicted molar refractivity (Wildman–Crippen MR) is 120 cm³/mol. The maximum absolute atomic E-state index is 12.7. The van der Waals surface area contributed by atoms with Crippen LogP contribution in [0.3, 0.4) is 0 Å². The Balaban J connectivity index is 2.14. The van der Waals surface area contributed by atoms with Crippen LogP contribution in [0.1, 0.15) is 52.8 Å². The topological polar surface area (TPSA) is 92.1 Å². The summed E-state index contributed by atoms with van der Waals surface area (Å²) >= 11 is 0. The number of carbonyl (C=O) groups is 3. The van der Waals surface area contributed by atoms with Crippen LogP contribution >= 0.6 is 0 Å². The van der Waals surface area contributed by atoms with Crippen LogP contribution in [0.25, 0.3) is 0 Å². The molecule has 31 heavy (non-hydrogen) atoms. The Hall–Kier alpha value is -3.13. The van der Waals surface area contributed by atoms with Crippen LogP contribution in [0, 0.1) is 6.92 Å². The minimum atomic E-state index is -0.701. The second-order valence-electron chi connectivity index (χ2n) is 7.43. The second-order valence-corrected chi connectivity index (χ2v) is 7.43. The highest BCUT2D eigenvalue weighted by Crippen LogP contribution is 2.28. The number of ketones is 1. The van der Waals surface area contributed by atoms with Gasteiger partial charge in [-0.05, 0) is 45.0 Å².